The Morgan fingerprint density at radius 2 is 2.10 bits per heavy atom. The van der Waals surface area contributed by atoms with Crippen LogP contribution in [-0.2, 0) is 11.3 Å². The van der Waals surface area contributed by atoms with Crippen LogP contribution in [0.5, 0.6) is 11.5 Å². The Morgan fingerprint density at radius 1 is 1.33 bits per heavy atom. The van der Waals surface area contributed by atoms with Gasteiger partial charge in [-0.1, -0.05) is 12.1 Å². The number of aromatic carboxylic acids is 1. The zero-order chi connectivity index (χ0) is 15.4. The molecular formula is C15H14FNO4. The molecule has 0 aromatic heterocycles. The Bertz CT molecular complexity index is 673. The van der Waals surface area contributed by atoms with E-state index < -0.39 is 11.8 Å². The van der Waals surface area contributed by atoms with Gasteiger partial charge in [-0.2, -0.15) is 0 Å². The molecule has 0 radical (unpaired) electrons. The Morgan fingerprint density at radius 3 is 2.76 bits per heavy atom. The molecule has 0 atom stereocenters. The summed E-state index contributed by atoms with van der Waals surface area (Å²) >= 11 is 0. The predicted molar refractivity (Wildman–Crippen MR) is 75.0 cm³/mol. The van der Waals surface area contributed by atoms with E-state index in [1.165, 1.54) is 0 Å². The van der Waals surface area contributed by atoms with Crippen LogP contribution in [0.4, 0.5) is 10.1 Å². The molecule has 0 unspecified atom stereocenters. The maximum atomic E-state index is 13.8. The van der Waals surface area contributed by atoms with Gasteiger partial charge in [0.15, 0.2) is 11.6 Å². The van der Waals surface area contributed by atoms with Crippen molar-refractivity contribution in [3.05, 3.63) is 53.3 Å². The second kappa shape index (κ2) is 6.23. The number of anilines is 1. The van der Waals surface area contributed by atoms with Gasteiger partial charge in [0.05, 0.1) is 12.2 Å². The van der Waals surface area contributed by atoms with Gasteiger partial charge < -0.3 is 20.3 Å². The van der Waals surface area contributed by atoms with Crippen LogP contribution in [0.1, 0.15) is 15.9 Å². The molecule has 2 aromatic carbocycles. The van der Waals surface area contributed by atoms with E-state index in [0.29, 0.717) is 12.4 Å². The highest BCUT2D eigenvalue weighted by Gasteiger charge is 2.15. The highest BCUT2D eigenvalue weighted by Crippen LogP contribution is 2.29. The highest BCUT2D eigenvalue weighted by molar-refractivity contribution is 5.94. The van der Waals surface area contributed by atoms with Gasteiger partial charge in [0.25, 0.3) is 0 Å². The number of ether oxygens (including phenoxy) is 2. The van der Waals surface area contributed by atoms with Crippen molar-refractivity contribution in [1.29, 1.82) is 0 Å². The number of hydrogen-bond donors (Lipinski definition) is 2. The fourth-order valence-electron chi connectivity index (χ4n) is 1.82. The summed E-state index contributed by atoms with van der Waals surface area (Å²) in [4.78, 5) is 11.0. The predicted octanol–water partition coefficient (Wildman–Crippen LogP) is 3.04. The third-order valence-corrected chi connectivity index (χ3v) is 2.77. The lowest BCUT2D eigenvalue weighted by molar-refractivity contribution is 0.0697. The number of carboxylic acid groups (broad SMARTS) is 1. The first-order chi connectivity index (χ1) is 10.0. The lowest BCUT2D eigenvalue weighted by Crippen LogP contribution is -2.04. The van der Waals surface area contributed by atoms with Crippen LogP contribution in [-0.4, -0.2) is 18.2 Å². The van der Waals surface area contributed by atoms with Crippen LogP contribution in [0.25, 0.3) is 0 Å². The summed E-state index contributed by atoms with van der Waals surface area (Å²) in [7, 11) is 1.56. The van der Waals surface area contributed by atoms with Gasteiger partial charge in [0, 0.05) is 24.9 Å². The summed E-state index contributed by atoms with van der Waals surface area (Å²) in [6.45, 7) is 0.391. The van der Waals surface area contributed by atoms with E-state index in [0.717, 1.165) is 17.7 Å². The van der Waals surface area contributed by atoms with E-state index in [2.05, 4.69) is 0 Å². The Kier molecular flexibility index (Phi) is 4.39. The molecule has 0 aliphatic heterocycles. The third kappa shape index (κ3) is 3.49. The summed E-state index contributed by atoms with van der Waals surface area (Å²) in [5.74, 6) is -1.79. The molecule has 3 N–H and O–H groups in total. The van der Waals surface area contributed by atoms with Crippen molar-refractivity contribution in [2.75, 3.05) is 12.8 Å². The Hall–Kier alpha value is -2.60. The average molecular weight is 291 g/mol. The van der Waals surface area contributed by atoms with Crippen molar-refractivity contribution < 1.29 is 23.8 Å². The Labute approximate surface area is 120 Å². The number of nitrogens with two attached hydrogens (primary N) is 1. The van der Waals surface area contributed by atoms with Crippen molar-refractivity contribution in [3.8, 4) is 11.5 Å². The smallest absolute Gasteiger partial charge is 0.337 e. The first-order valence-electron chi connectivity index (χ1n) is 6.09. The molecule has 110 valence electrons. The van der Waals surface area contributed by atoms with E-state index in [-0.39, 0.29) is 17.0 Å². The summed E-state index contributed by atoms with van der Waals surface area (Å²) < 4.78 is 24.2. The summed E-state index contributed by atoms with van der Waals surface area (Å²) in [6, 6.07) is 8.87. The van der Waals surface area contributed by atoms with Crippen molar-refractivity contribution in [3.63, 3.8) is 0 Å². The molecule has 0 fully saturated rings. The van der Waals surface area contributed by atoms with Crippen LogP contribution in [0.15, 0.2) is 36.4 Å². The van der Waals surface area contributed by atoms with Crippen LogP contribution in [0.2, 0.25) is 0 Å². The van der Waals surface area contributed by atoms with E-state index in [1.54, 1.807) is 25.3 Å². The fraction of sp³-hybridized carbons (Fsp3) is 0.133. The fourth-order valence-corrected chi connectivity index (χ4v) is 1.82. The molecule has 6 heteroatoms. The summed E-state index contributed by atoms with van der Waals surface area (Å²) in [5, 5.41) is 8.99. The topological polar surface area (TPSA) is 81.8 Å². The molecule has 0 heterocycles. The molecule has 21 heavy (non-hydrogen) atoms. The van der Waals surface area contributed by atoms with Gasteiger partial charge in [0.2, 0.25) is 0 Å². The van der Waals surface area contributed by atoms with E-state index in [9.17, 15) is 9.18 Å². The molecule has 0 amide bonds. The normalized spacial score (nSPS) is 10.4. The van der Waals surface area contributed by atoms with Gasteiger partial charge >= 0.3 is 5.97 Å². The maximum absolute atomic E-state index is 13.8. The number of benzene rings is 2. The van der Waals surface area contributed by atoms with E-state index in [1.807, 2.05) is 6.07 Å². The minimum absolute atomic E-state index is 0.152. The lowest BCUT2D eigenvalue weighted by atomic mass is 10.1. The van der Waals surface area contributed by atoms with E-state index in [4.69, 9.17) is 20.3 Å². The minimum Gasteiger partial charge on any atom is -0.478 e. The SMILES string of the molecule is COCc1cccc(Oc2cc(C(=O)O)c(N)cc2F)c1. The summed E-state index contributed by atoms with van der Waals surface area (Å²) in [6.07, 6.45) is 0. The number of carbonyl (C=O) groups is 1. The molecule has 0 aliphatic carbocycles. The number of carboxylic acids is 1. The zero-order valence-corrected chi connectivity index (χ0v) is 11.3. The molecule has 0 spiro atoms. The maximum Gasteiger partial charge on any atom is 0.337 e. The van der Waals surface area contributed by atoms with Crippen LogP contribution < -0.4 is 10.5 Å². The monoisotopic (exact) mass is 291 g/mol. The first kappa shape index (κ1) is 14.8. The molecule has 0 saturated heterocycles. The number of nitrogen functional groups attached to an aromatic ring is 1. The van der Waals surface area contributed by atoms with Crippen molar-refractivity contribution in [2.24, 2.45) is 0 Å². The van der Waals surface area contributed by atoms with Crippen LogP contribution >= 0.6 is 0 Å². The van der Waals surface area contributed by atoms with Gasteiger partial charge in [-0.05, 0) is 17.7 Å². The van der Waals surface area contributed by atoms with Gasteiger partial charge in [-0.25, -0.2) is 9.18 Å². The quantitative estimate of drug-likeness (QED) is 0.827. The molecular weight excluding hydrogens is 277 g/mol. The van der Waals surface area contributed by atoms with Crippen molar-refractivity contribution >= 4 is 11.7 Å². The first-order valence-corrected chi connectivity index (χ1v) is 6.09. The average Bonchev–Trinajstić information content (AvgIpc) is 2.42. The number of methoxy groups -OCH3 is 1. The van der Waals surface area contributed by atoms with Crippen LogP contribution in [0.3, 0.4) is 0 Å². The number of rotatable bonds is 5. The van der Waals surface area contributed by atoms with Gasteiger partial charge in [-0.15, -0.1) is 0 Å². The number of halogens is 1. The largest absolute Gasteiger partial charge is 0.478 e. The number of hydrogen-bond acceptors (Lipinski definition) is 4. The van der Waals surface area contributed by atoms with Crippen LogP contribution in [0, 0.1) is 5.82 Å². The lowest BCUT2D eigenvalue weighted by Gasteiger charge is -2.10. The zero-order valence-electron chi connectivity index (χ0n) is 11.3. The summed E-state index contributed by atoms with van der Waals surface area (Å²) in [5.41, 5.74) is 5.95. The second-order valence-electron chi connectivity index (χ2n) is 4.36. The molecule has 2 rings (SSSR count). The van der Waals surface area contributed by atoms with Crippen molar-refractivity contribution in [2.45, 2.75) is 6.61 Å². The standard InChI is InChI=1S/C15H14FNO4/c1-20-8-9-3-2-4-10(5-9)21-14-6-11(15(18)19)13(17)7-12(14)16/h2-7H,8,17H2,1H3,(H,18,19). The second-order valence-corrected chi connectivity index (χ2v) is 4.36. The third-order valence-electron chi connectivity index (χ3n) is 2.77. The molecule has 2 aromatic rings. The minimum atomic E-state index is -1.24. The van der Waals surface area contributed by atoms with Gasteiger partial charge in [0.1, 0.15) is 5.75 Å². The molecule has 0 saturated carbocycles. The highest BCUT2D eigenvalue weighted by atomic mass is 19.1. The molecule has 0 aliphatic rings. The molecule has 0 bridgehead atoms. The van der Waals surface area contributed by atoms with E-state index >= 15 is 0 Å². The Balaban J connectivity index is 2.33. The molecule has 5 nitrogen and oxygen atoms in total. The van der Waals surface area contributed by atoms with Crippen molar-refractivity contribution in [1.82, 2.24) is 0 Å². The van der Waals surface area contributed by atoms with Gasteiger partial charge in [-0.3, -0.25) is 0 Å².